The molecule has 2 aromatic rings. The molecule has 0 spiro atoms. The van der Waals surface area contributed by atoms with Gasteiger partial charge in [-0.1, -0.05) is 25.1 Å². The summed E-state index contributed by atoms with van der Waals surface area (Å²) in [6.07, 6.45) is 3.12. The molecular formula is C19H16O3. The summed E-state index contributed by atoms with van der Waals surface area (Å²) in [6, 6.07) is 8.42. The number of phenols is 1. The highest BCUT2D eigenvalue weighted by Crippen LogP contribution is 2.40. The molecule has 110 valence electrons. The molecule has 2 aliphatic carbocycles. The van der Waals surface area contributed by atoms with Crippen LogP contribution in [0.4, 0.5) is 0 Å². The molecular weight excluding hydrogens is 276 g/mol. The Labute approximate surface area is 128 Å². The van der Waals surface area contributed by atoms with Gasteiger partial charge in [-0.05, 0) is 48.4 Å². The van der Waals surface area contributed by atoms with Crippen LogP contribution in [0.1, 0.15) is 68.7 Å². The van der Waals surface area contributed by atoms with Crippen LogP contribution in [-0.4, -0.2) is 16.7 Å². The summed E-state index contributed by atoms with van der Waals surface area (Å²) in [6.45, 7) is 2.12. The zero-order valence-electron chi connectivity index (χ0n) is 12.3. The number of benzene rings is 2. The normalized spacial score (nSPS) is 19.4. The highest BCUT2D eigenvalue weighted by atomic mass is 16.3. The molecule has 1 N–H and O–H groups in total. The smallest absolute Gasteiger partial charge is 0.198 e. The summed E-state index contributed by atoms with van der Waals surface area (Å²) in [5, 5.41) is 9.99. The van der Waals surface area contributed by atoms with E-state index in [-0.39, 0.29) is 28.8 Å². The number of rotatable bonds is 0. The van der Waals surface area contributed by atoms with E-state index in [1.54, 1.807) is 18.2 Å². The monoisotopic (exact) mass is 292 g/mol. The van der Waals surface area contributed by atoms with Gasteiger partial charge in [0.2, 0.25) is 0 Å². The Morgan fingerprint density at radius 1 is 1.00 bits per heavy atom. The Hall–Kier alpha value is -2.42. The summed E-state index contributed by atoms with van der Waals surface area (Å²) in [4.78, 5) is 25.7. The second-order valence-corrected chi connectivity index (χ2v) is 6.21. The number of aryl methyl sites for hydroxylation is 1. The molecule has 0 saturated carbocycles. The van der Waals surface area contributed by atoms with Gasteiger partial charge in [0.15, 0.2) is 11.6 Å². The number of carbonyl (C=O) groups excluding carboxylic acids is 2. The molecule has 0 aliphatic heterocycles. The third-order valence-corrected chi connectivity index (χ3v) is 4.90. The van der Waals surface area contributed by atoms with Crippen molar-refractivity contribution in [1.82, 2.24) is 0 Å². The largest absolute Gasteiger partial charge is 0.507 e. The van der Waals surface area contributed by atoms with Crippen molar-refractivity contribution < 1.29 is 14.7 Å². The first-order valence-electron chi connectivity index (χ1n) is 7.66. The van der Waals surface area contributed by atoms with Gasteiger partial charge in [0, 0.05) is 16.7 Å². The maximum absolute atomic E-state index is 13.0. The number of carbonyl (C=O) groups is 2. The fourth-order valence-electron chi connectivity index (χ4n) is 3.86. The van der Waals surface area contributed by atoms with E-state index < -0.39 is 0 Å². The van der Waals surface area contributed by atoms with Crippen molar-refractivity contribution in [2.24, 2.45) is 0 Å². The molecule has 2 aromatic carbocycles. The van der Waals surface area contributed by atoms with E-state index in [1.165, 1.54) is 11.6 Å². The highest BCUT2D eigenvalue weighted by Gasteiger charge is 2.36. The van der Waals surface area contributed by atoms with E-state index in [9.17, 15) is 14.7 Å². The molecule has 0 heterocycles. The lowest BCUT2D eigenvalue weighted by Crippen LogP contribution is -2.25. The van der Waals surface area contributed by atoms with Crippen LogP contribution in [0.5, 0.6) is 5.75 Å². The molecule has 4 rings (SSSR count). The number of aromatic hydroxyl groups is 1. The highest BCUT2D eigenvalue weighted by molar-refractivity contribution is 6.29. The Bertz CT molecular complexity index is 833. The van der Waals surface area contributed by atoms with E-state index in [4.69, 9.17) is 0 Å². The molecule has 3 nitrogen and oxygen atoms in total. The first-order valence-corrected chi connectivity index (χ1v) is 7.66. The van der Waals surface area contributed by atoms with Crippen LogP contribution >= 0.6 is 0 Å². The van der Waals surface area contributed by atoms with Gasteiger partial charge in [0.05, 0.1) is 5.56 Å². The van der Waals surface area contributed by atoms with E-state index in [2.05, 4.69) is 6.92 Å². The fourth-order valence-corrected chi connectivity index (χ4v) is 3.86. The van der Waals surface area contributed by atoms with Gasteiger partial charge in [0.1, 0.15) is 5.75 Å². The van der Waals surface area contributed by atoms with Crippen molar-refractivity contribution in [2.45, 2.75) is 32.1 Å². The van der Waals surface area contributed by atoms with Crippen molar-refractivity contribution in [2.75, 3.05) is 0 Å². The van der Waals surface area contributed by atoms with Crippen LogP contribution in [0, 0.1) is 0 Å². The van der Waals surface area contributed by atoms with Gasteiger partial charge in [-0.3, -0.25) is 9.59 Å². The quantitative estimate of drug-likeness (QED) is 0.688. The number of fused-ring (bicyclic) bond motifs is 4. The molecule has 0 amide bonds. The van der Waals surface area contributed by atoms with Crippen molar-refractivity contribution in [3.63, 3.8) is 0 Å². The Balaban J connectivity index is 2.04. The number of phenolic OH excluding ortho intramolecular Hbond substituents is 1. The average molecular weight is 292 g/mol. The molecule has 0 saturated heterocycles. The Morgan fingerprint density at radius 3 is 2.55 bits per heavy atom. The number of ketones is 2. The first-order chi connectivity index (χ1) is 10.6. The molecule has 0 aromatic heterocycles. The van der Waals surface area contributed by atoms with Gasteiger partial charge < -0.3 is 5.11 Å². The summed E-state index contributed by atoms with van der Waals surface area (Å²) in [5.41, 5.74) is 3.68. The van der Waals surface area contributed by atoms with Crippen LogP contribution in [0.2, 0.25) is 0 Å². The lowest BCUT2D eigenvalue weighted by Gasteiger charge is -2.28. The number of hydrogen-bond donors (Lipinski definition) is 1. The van der Waals surface area contributed by atoms with Gasteiger partial charge >= 0.3 is 0 Å². The lowest BCUT2D eigenvalue weighted by atomic mass is 9.74. The summed E-state index contributed by atoms with van der Waals surface area (Å²) in [7, 11) is 0. The third-order valence-electron chi connectivity index (χ3n) is 4.90. The van der Waals surface area contributed by atoms with Crippen molar-refractivity contribution >= 4 is 11.6 Å². The van der Waals surface area contributed by atoms with Crippen LogP contribution in [0.25, 0.3) is 0 Å². The fraction of sp³-hybridized carbons (Fsp3) is 0.263. The Kier molecular flexibility index (Phi) is 2.73. The minimum Gasteiger partial charge on any atom is -0.507 e. The van der Waals surface area contributed by atoms with Crippen LogP contribution in [-0.2, 0) is 6.42 Å². The van der Waals surface area contributed by atoms with Crippen LogP contribution in [0.3, 0.4) is 0 Å². The predicted molar refractivity (Wildman–Crippen MR) is 82.8 cm³/mol. The van der Waals surface area contributed by atoms with Gasteiger partial charge in [-0.15, -0.1) is 0 Å². The Morgan fingerprint density at radius 2 is 1.73 bits per heavy atom. The average Bonchev–Trinajstić information content (AvgIpc) is 2.52. The summed E-state index contributed by atoms with van der Waals surface area (Å²) >= 11 is 0. The van der Waals surface area contributed by atoms with Crippen molar-refractivity contribution in [3.8, 4) is 5.75 Å². The first kappa shape index (κ1) is 13.3. The minimum absolute atomic E-state index is 0.118. The molecule has 3 heteroatoms. The predicted octanol–water partition coefficient (Wildman–Crippen LogP) is 3.61. The minimum atomic E-state index is -0.247. The van der Waals surface area contributed by atoms with Crippen molar-refractivity contribution in [1.29, 1.82) is 0 Å². The van der Waals surface area contributed by atoms with Gasteiger partial charge in [-0.2, -0.15) is 0 Å². The van der Waals surface area contributed by atoms with E-state index >= 15 is 0 Å². The molecule has 0 bridgehead atoms. The molecule has 0 unspecified atom stereocenters. The number of hydrogen-bond acceptors (Lipinski definition) is 3. The standard InChI is InChI=1S/C19H16O3/c1-10-4-2-5-11-8-9-13-17(15(10)11)19(22)12-6-3-7-14(20)16(12)18(13)21/h3,6-10,20H,2,4-5H2,1H3/t10-/m0/s1. The molecule has 1 atom stereocenters. The van der Waals surface area contributed by atoms with E-state index in [1.807, 2.05) is 6.07 Å². The van der Waals surface area contributed by atoms with Crippen molar-refractivity contribution in [3.05, 3.63) is 63.7 Å². The SMILES string of the molecule is C[C@H]1CCCc2ccc3c(c21)C(=O)c1cccc(O)c1C3=O. The maximum atomic E-state index is 13.0. The zero-order chi connectivity index (χ0) is 15.4. The van der Waals surface area contributed by atoms with Crippen LogP contribution in [0.15, 0.2) is 30.3 Å². The van der Waals surface area contributed by atoms with Gasteiger partial charge in [-0.25, -0.2) is 0 Å². The van der Waals surface area contributed by atoms with Gasteiger partial charge in [0.25, 0.3) is 0 Å². The van der Waals surface area contributed by atoms with Crippen LogP contribution < -0.4 is 0 Å². The van der Waals surface area contributed by atoms with E-state index in [0.29, 0.717) is 16.7 Å². The third kappa shape index (κ3) is 1.62. The maximum Gasteiger partial charge on any atom is 0.198 e. The summed E-state index contributed by atoms with van der Waals surface area (Å²) < 4.78 is 0. The molecule has 22 heavy (non-hydrogen) atoms. The molecule has 0 fully saturated rings. The van der Waals surface area contributed by atoms with E-state index in [0.717, 1.165) is 24.8 Å². The molecule has 2 aliphatic rings. The topological polar surface area (TPSA) is 54.4 Å². The summed E-state index contributed by atoms with van der Waals surface area (Å²) in [5.74, 6) is -0.212. The zero-order valence-corrected chi connectivity index (χ0v) is 12.3. The lowest BCUT2D eigenvalue weighted by molar-refractivity contribution is 0.0975. The second kappa shape index (κ2) is 4.54. The molecule has 0 radical (unpaired) electrons. The second-order valence-electron chi connectivity index (χ2n) is 6.21.